The third-order valence-corrected chi connectivity index (χ3v) is 2.26. The molecule has 0 saturated heterocycles. The molecular formula is C6H9NaO11S2. The molecule has 0 aromatic carbocycles. The van der Waals surface area contributed by atoms with Crippen LogP contribution in [-0.2, 0) is 45.5 Å². The molecule has 112 valence electrons. The molecule has 0 bridgehead atoms. The second-order valence-electron chi connectivity index (χ2n) is 3.04. The summed E-state index contributed by atoms with van der Waals surface area (Å²) in [5, 5.41) is 18.1. The van der Waals surface area contributed by atoms with Gasteiger partial charge in [0.15, 0.2) is 5.60 Å². The van der Waals surface area contributed by atoms with E-state index in [1.54, 1.807) is 0 Å². The number of carbonyl (C=O) groups is 3. The first kappa shape index (κ1) is 21.9. The summed E-state index contributed by atoms with van der Waals surface area (Å²) in [4.78, 5) is 32.6. The second-order valence-corrected chi connectivity index (χ2v) is 4.24. The van der Waals surface area contributed by atoms with E-state index < -0.39 is 59.1 Å². The summed E-state index contributed by atoms with van der Waals surface area (Å²) in [5.41, 5.74) is -3.01. The van der Waals surface area contributed by atoms with Crippen LogP contribution in [0.2, 0.25) is 0 Å². The van der Waals surface area contributed by atoms with Crippen molar-refractivity contribution in [2.45, 2.75) is 18.4 Å². The van der Waals surface area contributed by atoms with Crippen LogP contribution in [-0.4, -0.2) is 51.2 Å². The smallest absolute Gasteiger partial charge is 1.00 e. The van der Waals surface area contributed by atoms with Gasteiger partial charge in [-0.15, -0.1) is 0 Å². The molecule has 0 aromatic heterocycles. The van der Waals surface area contributed by atoms with Crippen LogP contribution in [0.3, 0.4) is 0 Å². The number of hydrogen-bond acceptors (Lipinski definition) is 8. The molecule has 0 aliphatic rings. The van der Waals surface area contributed by atoms with E-state index in [4.69, 9.17) is 14.2 Å². The normalized spacial score (nSPS) is 15.9. The van der Waals surface area contributed by atoms with E-state index >= 15 is 0 Å². The molecule has 2 atom stereocenters. The third-order valence-electron chi connectivity index (χ3n) is 1.60. The Labute approximate surface area is 140 Å². The van der Waals surface area contributed by atoms with Crippen LogP contribution in [0.25, 0.3) is 0 Å². The average molecular weight is 344 g/mol. The Morgan fingerprint density at radius 2 is 1.30 bits per heavy atom. The van der Waals surface area contributed by atoms with Crippen LogP contribution in [0, 0.1) is 0 Å². The zero-order chi connectivity index (χ0) is 15.2. The molecule has 4 N–H and O–H groups in total. The van der Waals surface area contributed by atoms with E-state index in [0.717, 1.165) is 0 Å². The zero-order valence-corrected chi connectivity index (χ0v) is 13.5. The van der Waals surface area contributed by atoms with Crippen molar-refractivity contribution in [2.75, 3.05) is 0 Å². The van der Waals surface area contributed by atoms with Gasteiger partial charge in [-0.25, -0.2) is 4.79 Å². The minimum atomic E-state index is -3.02. The van der Waals surface area contributed by atoms with E-state index in [0.29, 0.717) is 0 Å². The SMILES string of the molecule is O=C(CC(O)(CC(=O)OS(=O)O)C(=O)O)OS(=O)O.[H-].[Na+]. The first-order valence-corrected chi connectivity index (χ1v) is 6.23. The number of aliphatic carboxylic acids is 1. The molecule has 20 heavy (non-hydrogen) atoms. The maximum absolute atomic E-state index is 10.9. The molecular weight excluding hydrogens is 335 g/mol. The number of carboxylic acid groups (broad SMARTS) is 1. The van der Waals surface area contributed by atoms with Crippen molar-refractivity contribution >= 4 is 40.6 Å². The molecule has 0 aromatic rings. The van der Waals surface area contributed by atoms with E-state index in [2.05, 4.69) is 8.37 Å². The maximum Gasteiger partial charge on any atom is 1.00 e. The predicted molar refractivity (Wildman–Crippen MR) is 56.7 cm³/mol. The minimum Gasteiger partial charge on any atom is -1.00 e. The van der Waals surface area contributed by atoms with Crippen LogP contribution in [0.1, 0.15) is 14.3 Å². The van der Waals surface area contributed by atoms with Crippen LogP contribution in [0.15, 0.2) is 0 Å². The van der Waals surface area contributed by atoms with Crippen LogP contribution < -0.4 is 29.6 Å². The van der Waals surface area contributed by atoms with Gasteiger partial charge in [0.2, 0.25) is 0 Å². The largest absolute Gasteiger partial charge is 1.00 e. The molecule has 0 aliphatic heterocycles. The topological polar surface area (TPSA) is 185 Å². The van der Waals surface area contributed by atoms with Gasteiger partial charge in [-0.05, 0) is 0 Å². The van der Waals surface area contributed by atoms with Gasteiger partial charge in [-0.1, -0.05) is 0 Å². The number of aliphatic hydroxyl groups is 1. The third kappa shape index (κ3) is 8.70. The Hall–Kier alpha value is -0.410. The molecule has 0 rings (SSSR count). The van der Waals surface area contributed by atoms with Gasteiger partial charge in [0, 0.05) is 0 Å². The van der Waals surface area contributed by atoms with E-state index in [1.165, 1.54) is 0 Å². The fourth-order valence-electron chi connectivity index (χ4n) is 0.909. The van der Waals surface area contributed by atoms with Gasteiger partial charge >= 0.3 is 70.2 Å². The fraction of sp³-hybridized carbons (Fsp3) is 0.500. The summed E-state index contributed by atoms with van der Waals surface area (Å²) < 4.78 is 43.9. The van der Waals surface area contributed by atoms with Crippen molar-refractivity contribution in [1.82, 2.24) is 0 Å². The predicted octanol–water partition coefficient (Wildman–Crippen LogP) is -4.94. The van der Waals surface area contributed by atoms with Crippen LogP contribution >= 0.6 is 0 Å². The summed E-state index contributed by atoms with van der Waals surface area (Å²) in [7, 11) is 0. The van der Waals surface area contributed by atoms with Crippen LogP contribution in [0.5, 0.6) is 0 Å². The number of hydrogen-bond donors (Lipinski definition) is 4. The van der Waals surface area contributed by atoms with Crippen LogP contribution in [0.4, 0.5) is 0 Å². The van der Waals surface area contributed by atoms with E-state index in [1.807, 2.05) is 0 Å². The molecule has 0 saturated carbocycles. The standard InChI is InChI=1S/C6H8O11S2.Na.H/c7-3(16-18(12)13)1-6(11,5(9)10)2-4(8)17-19(14)15;;/h11H,1-2H2,(H,9,10)(H,12,13)(H,14,15);;/q;+1;-1. The van der Waals surface area contributed by atoms with Gasteiger partial charge in [0.25, 0.3) is 0 Å². The number of carboxylic acids is 1. The average Bonchev–Trinajstić information content (AvgIpc) is 2.12. The number of carbonyl (C=O) groups excluding carboxylic acids is 2. The molecule has 0 heterocycles. The zero-order valence-electron chi connectivity index (χ0n) is 10.9. The van der Waals surface area contributed by atoms with Crippen molar-refractivity contribution < 1.29 is 81.5 Å². The quantitative estimate of drug-likeness (QED) is 0.256. The Kier molecular flexibility index (Phi) is 10.4. The van der Waals surface area contributed by atoms with Crippen molar-refractivity contribution in [2.24, 2.45) is 0 Å². The second kappa shape index (κ2) is 9.51. The molecule has 0 radical (unpaired) electrons. The van der Waals surface area contributed by atoms with Gasteiger partial charge in [0.1, 0.15) is 0 Å². The Bertz CT molecular complexity index is 410. The van der Waals surface area contributed by atoms with Crippen molar-refractivity contribution in [1.29, 1.82) is 0 Å². The van der Waals surface area contributed by atoms with Gasteiger partial charge < -0.3 is 20.0 Å². The first-order chi connectivity index (χ1) is 8.56. The molecule has 0 fully saturated rings. The summed E-state index contributed by atoms with van der Waals surface area (Å²) in [6.07, 6.45) is -2.69. The Morgan fingerprint density at radius 3 is 1.50 bits per heavy atom. The molecule has 0 spiro atoms. The maximum atomic E-state index is 10.9. The van der Waals surface area contributed by atoms with Gasteiger partial charge in [0.05, 0.1) is 12.8 Å². The molecule has 0 aliphatic carbocycles. The summed E-state index contributed by atoms with van der Waals surface area (Å²) >= 11 is -6.05. The minimum absolute atomic E-state index is 0. The summed E-state index contributed by atoms with van der Waals surface area (Å²) in [5.74, 6) is -5.19. The van der Waals surface area contributed by atoms with E-state index in [-0.39, 0.29) is 31.0 Å². The molecule has 0 amide bonds. The van der Waals surface area contributed by atoms with Gasteiger partial charge in [-0.3, -0.25) is 18.7 Å². The Balaban J connectivity index is -0.00000162. The monoisotopic (exact) mass is 344 g/mol. The van der Waals surface area contributed by atoms with Gasteiger partial charge in [-0.2, -0.15) is 8.42 Å². The molecule has 14 heteroatoms. The molecule has 2 unspecified atom stereocenters. The first-order valence-electron chi connectivity index (χ1n) is 4.16. The Morgan fingerprint density at radius 1 is 1.00 bits per heavy atom. The number of rotatable bonds is 7. The summed E-state index contributed by atoms with van der Waals surface area (Å²) in [6.45, 7) is 0. The molecule has 11 nitrogen and oxygen atoms in total. The van der Waals surface area contributed by atoms with Crippen molar-refractivity contribution in [3.8, 4) is 0 Å². The van der Waals surface area contributed by atoms with E-state index in [9.17, 15) is 27.9 Å². The van der Waals surface area contributed by atoms with Crippen molar-refractivity contribution in [3.63, 3.8) is 0 Å². The summed E-state index contributed by atoms with van der Waals surface area (Å²) in [6, 6.07) is 0. The fourth-order valence-corrected chi connectivity index (χ4v) is 1.35. The van der Waals surface area contributed by atoms with Crippen molar-refractivity contribution in [3.05, 3.63) is 0 Å².